The quantitative estimate of drug-likeness (QED) is 0.865. The van der Waals surface area contributed by atoms with Crippen molar-refractivity contribution in [2.45, 2.75) is 4.90 Å². The second kappa shape index (κ2) is 5.84. The zero-order valence-electron chi connectivity index (χ0n) is 12.5. The van der Waals surface area contributed by atoms with Gasteiger partial charge in [-0.3, -0.25) is 4.79 Å². The summed E-state index contributed by atoms with van der Waals surface area (Å²) in [4.78, 5) is 12.5. The first-order valence-corrected chi connectivity index (χ1v) is 8.40. The molecule has 0 saturated heterocycles. The minimum absolute atomic E-state index is 0.0193. The third kappa shape index (κ3) is 2.83. The molecule has 1 aliphatic rings. The van der Waals surface area contributed by atoms with Crippen LogP contribution in [0.15, 0.2) is 35.4 Å². The molecule has 24 heavy (non-hydrogen) atoms. The summed E-state index contributed by atoms with van der Waals surface area (Å²) in [5, 5.41) is 2.44. The summed E-state index contributed by atoms with van der Waals surface area (Å²) < 4.78 is 54.2. The number of amides is 1. The minimum Gasteiger partial charge on any atom is -0.345 e. The van der Waals surface area contributed by atoms with Crippen LogP contribution in [0.4, 0.5) is 14.5 Å². The third-order valence-corrected chi connectivity index (χ3v) is 4.99. The molecule has 3 rings (SSSR count). The Morgan fingerprint density at radius 3 is 2.75 bits per heavy atom. The minimum atomic E-state index is -3.72. The van der Waals surface area contributed by atoms with Gasteiger partial charge in [-0.15, -0.1) is 0 Å². The second-order valence-electron chi connectivity index (χ2n) is 5.20. The predicted molar refractivity (Wildman–Crippen MR) is 83.9 cm³/mol. The van der Waals surface area contributed by atoms with E-state index in [4.69, 9.17) is 0 Å². The molecule has 0 radical (unpaired) electrons. The van der Waals surface area contributed by atoms with Gasteiger partial charge in [0.05, 0.1) is 0 Å². The predicted octanol–water partition coefficient (Wildman–Crippen LogP) is 1.86. The SMILES string of the molecule is Cn1cc2c(c1C(=O)Nc1ccc(F)c(F)c1)C=CCNS2(=O)=O. The molecule has 2 heterocycles. The average molecular weight is 353 g/mol. The summed E-state index contributed by atoms with van der Waals surface area (Å²) in [6, 6.07) is 2.96. The summed E-state index contributed by atoms with van der Waals surface area (Å²) in [7, 11) is -2.20. The van der Waals surface area contributed by atoms with Crippen molar-refractivity contribution < 1.29 is 22.0 Å². The van der Waals surface area contributed by atoms with Gasteiger partial charge in [0.1, 0.15) is 10.6 Å². The fourth-order valence-electron chi connectivity index (χ4n) is 2.45. The lowest BCUT2D eigenvalue weighted by molar-refractivity contribution is 0.101. The first-order valence-electron chi connectivity index (χ1n) is 6.91. The highest BCUT2D eigenvalue weighted by atomic mass is 32.2. The van der Waals surface area contributed by atoms with Crippen LogP contribution in [0.1, 0.15) is 16.1 Å². The Labute approximate surface area is 136 Å². The lowest BCUT2D eigenvalue weighted by atomic mass is 10.2. The molecule has 0 unspecified atom stereocenters. The van der Waals surface area contributed by atoms with Crippen LogP contribution in [0.25, 0.3) is 6.08 Å². The molecule has 0 aliphatic carbocycles. The van der Waals surface area contributed by atoms with Crippen LogP contribution < -0.4 is 10.0 Å². The van der Waals surface area contributed by atoms with Crippen molar-refractivity contribution in [3.05, 3.63) is 53.4 Å². The lowest BCUT2D eigenvalue weighted by Gasteiger charge is -2.08. The Kier molecular flexibility index (Phi) is 3.98. The summed E-state index contributed by atoms with van der Waals surface area (Å²) in [5.41, 5.74) is 0.397. The lowest BCUT2D eigenvalue weighted by Crippen LogP contribution is -2.22. The normalized spacial score (nSPS) is 15.6. The van der Waals surface area contributed by atoms with E-state index in [2.05, 4.69) is 10.0 Å². The van der Waals surface area contributed by atoms with E-state index in [0.29, 0.717) is 0 Å². The Bertz CT molecular complexity index is 965. The topological polar surface area (TPSA) is 80.2 Å². The summed E-state index contributed by atoms with van der Waals surface area (Å²) in [6.45, 7) is 0.116. The fourth-order valence-corrected chi connectivity index (χ4v) is 3.67. The number of rotatable bonds is 2. The van der Waals surface area contributed by atoms with Gasteiger partial charge in [0, 0.05) is 37.1 Å². The van der Waals surface area contributed by atoms with Crippen molar-refractivity contribution >= 4 is 27.7 Å². The molecule has 9 heteroatoms. The van der Waals surface area contributed by atoms with Crippen LogP contribution in [-0.4, -0.2) is 25.4 Å². The van der Waals surface area contributed by atoms with Crippen LogP contribution in [0.5, 0.6) is 0 Å². The number of carbonyl (C=O) groups excluding carboxylic acids is 1. The van der Waals surface area contributed by atoms with Crippen molar-refractivity contribution in [3.63, 3.8) is 0 Å². The van der Waals surface area contributed by atoms with Crippen LogP contribution in [0.3, 0.4) is 0 Å². The number of halogens is 2. The Balaban J connectivity index is 2.02. The Hall–Kier alpha value is -2.52. The fraction of sp³-hybridized carbons (Fsp3) is 0.133. The highest BCUT2D eigenvalue weighted by Crippen LogP contribution is 2.26. The molecule has 126 valence electrons. The maximum Gasteiger partial charge on any atom is 0.272 e. The number of aromatic nitrogens is 1. The first kappa shape index (κ1) is 16.3. The molecular weight excluding hydrogens is 340 g/mol. The zero-order valence-corrected chi connectivity index (χ0v) is 13.3. The van der Waals surface area contributed by atoms with Gasteiger partial charge in [0.25, 0.3) is 5.91 Å². The van der Waals surface area contributed by atoms with Crippen molar-refractivity contribution in [3.8, 4) is 0 Å². The number of hydrogen-bond acceptors (Lipinski definition) is 3. The van der Waals surface area contributed by atoms with E-state index in [-0.39, 0.29) is 28.4 Å². The van der Waals surface area contributed by atoms with Gasteiger partial charge >= 0.3 is 0 Å². The molecule has 6 nitrogen and oxygen atoms in total. The molecule has 1 aromatic carbocycles. The zero-order chi connectivity index (χ0) is 17.5. The number of nitrogens with one attached hydrogen (secondary N) is 2. The number of hydrogen-bond donors (Lipinski definition) is 2. The second-order valence-corrected chi connectivity index (χ2v) is 6.94. The van der Waals surface area contributed by atoms with Gasteiger partial charge in [0.2, 0.25) is 10.0 Å². The molecule has 0 atom stereocenters. The Morgan fingerprint density at radius 2 is 2.04 bits per heavy atom. The molecule has 2 aromatic rings. The number of sulfonamides is 1. The van der Waals surface area contributed by atoms with E-state index >= 15 is 0 Å². The van der Waals surface area contributed by atoms with E-state index < -0.39 is 27.6 Å². The molecule has 1 amide bonds. The van der Waals surface area contributed by atoms with Gasteiger partial charge in [-0.2, -0.15) is 0 Å². The van der Waals surface area contributed by atoms with Crippen LogP contribution in [0, 0.1) is 11.6 Å². The van der Waals surface area contributed by atoms with Gasteiger partial charge in [0.15, 0.2) is 11.6 Å². The van der Waals surface area contributed by atoms with E-state index in [1.807, 2.05) is 0 Å². The molecule has 0 spiro atoms. The van der Waals surface area contributed by atoms with E-state index in [1.165, 1.54) is 30.0 Å². The molecule has 1 aromatic heterocycles. The van der Waals surface area contributed by atoms with Crippen LogP contribution >= 0.6 is 0 Å². The average Bonchev–Trinajstić information content (AvgIpc) is 2.78. The number of nitrogens with zero attached hydrogens (tertiary/aromatic N) is 1. The monoisotopic (exact) mass is 353 g/mol. The maximum atomic E-state index is 13.2. The molecular formula is C15H13F2N3O3S. The highest BCUT2D eigenvalue weighted by molar-refractivity contribution is 7.89. The third-order valence-electron chi connectivity index (χ3n) is 3.54. The largest absolute Gasteiger partial charge is 0.345 e. The van der Waals surface area contributed by atoms with E-state index in [1.54, 1.807) is 6.08 Å². The molecule has 1 aliphatic heterocycles. The number of benzene rings is 1. The number of fused-ring (bicyclic) bond motifs is 1. The molecule has 2 N–H and O–H groups in total. The van der Waals surface area contributed by atoms with Gasteiger partial charge in [-0.25, -0.2) is 21.9 Å². The molecule has 0 bridgehead atoms. The summed E-state index contributed by atoms with van der Waals surface area (Å²) in [6.07, 6.45) is 4.44. The first-order chi connectivity index (χ1) is 11.3. The smallest absolute Gasteiger partial charge is 0.272 e. The van der Waals surface area contributed by atoms with Crippen LogP contribution in [-0.2, 0) is 17.1 Å². The van der Waals surface area contributed by atoms with Crippen molar-refractivity contribution in [2.24, 2.45) is 7.05 Å². The van der Waals surface area contributed by atoms with Crippen molar-refractivity contribution in [2.75, 3.05) is 11.9 Å². The summed E-state index contributed by atoms with van der Waals surface area (Å²) >= 11 is 0. The van der Waals surface area contributed by atoms with Gasteiger partial charge in [-0.05, 0) is 12.1 Å². The maximum absolute atomic E-state index is 13.2. The number of anilines is 1. The van der Waals surface area contributed by atoms with Crippen molar-refractivity contribution in [1.29, 1.82) is 0 Å². The van der Waals surface area contributed by atoms with E-state index in [0.717, 1.165) is 12.1 Å². The van der Waals surface area contributed by atoms with Gasteiger partial charge < -0.3 is 9.88 Å². The molecule has 0 fully saturated rings. The summed E-state index contributed by atoms with van der Waals surface area (Å²) in [5.74, 6) is -2.75. The highest BCUT2D eigenvalue weighted by Gasteiger charge is 2.27. The van der Waals surface area contributed by atoms with Gasteiger partial charge in [-0.1, -0.05) is 12.2 Å². The van der Waals surface area contributed by atoms with Crippen LogP contribution in [0.2, 0.25) is 0 Å². The van der Waals surface area contributed by atoms with E-state index in [9.17, 15) is 22.0 Å². The van der Waals surface area contributed by atoms with Crippen molar-refractivity contribution in [1.82, 2.24) is 9.29 Å². The number of aryl methyl sites for hydroxylation is 1. The standard InChI is InChI=1S/C15H13F2N3O3S/c1-20-8-13-10(3-2-6-18-24(13,22)23)14(20)15(21)19-9-4-5-11(16)12(17)7-9/h2-5,7-8,18H,6H2,1H3,(H,19,21). The molecule has 0 saturated carbocycles. The Morgan fingerprint density at radius 1 is 1.29 bits per heavy atom. The number of carbonyl (C=O) groups is 1.